The molecule has 2 heterocycles. The largest absolute Gasteiger partial charge is 0.417 e. The normalized spacial score (nSPS) is 16.7. The maximum Gasteiger partial charge on any atom is 0.417 e. The van der Waals surface area contributed by atoms with Crippen molar-refractivity contribution >= 4 is 23.3 Å². The fraction of sp³-hybridized carbons (Fsp3) is 0.533. The lowest BCUT2D eigenvalue weighted by atomic mass is 10.1. The second-order valence-electron chi connectivity index (χ2n) is 5.95. The third kappa shape index (κ3) is 2.80. The van der Waals surface area contributed by atoms with E-state index < -0.39 is 22.7 Å². The van der Waals surface area contributed by atoms with Crippen molar-refractivity contribution < 1.29 is 13.2 Å². The number of halogens is 3. The molecule has 1 aliphatic rings. The van der Waals surface area contributed by atoms with Crippen LogP contribution in [0.3, 0.4) is 0 Å². The van der Waals surface area contributed by atoms with Gasteiger partial charge in [-0.15, -0.1) is 0 Å². The molecule has 0 amide bonds. The molecular formula is C15H16F3N3OS. The summed E-state index contributed by atoms with van der Waals surface area (Å²) in [5, 5.41) is -0.434. The molecule has 0 bridgehead atoms. The Hall–Kier alpha value is -1.70. The molecule has 4 nitrogen and oxygen atoms in total. The number of alkyl halides is 3. The molecule has 3 rings (SSSR count). The van der Waals surface area contributed by atoms with Gasteiger partial charge in [0.25, 0.3) is 5.56 Å². The van der Waals surface area contributed by atoms with Crippen molar-refractivity contribution in [1.29, 1.82) is 0 Å². The van der Waals surface area contributed by atoms with Crippen molar-refractivity contribution in [3.05, 3.63) is 32.4 Å². The van der Waals surface area contributed by atoms with Crippen LogP contribution in [0.1, 0.15) is 56.3 Å². The van der Waals surface area contributed by atoms with Gasteiger partial charge < -0.3 is 0 Å². The number of H-pyrrole nitrogens is 1. The van der Waals surface area contributed by atoms with Gasteiger partial charge >= 0.3 is 6.18 Å². The topological polar surface area (TPSA) is 50.7 Å². The molecule has 2 aromatic heterocycles. The smallest absolute Gasteiger partial charge is 0.300 e. The third-order valence-electron chi connectivity index (χ3n) is 4.25. The molecule has 1 N–H and O–H groups in total. The highest BCUT2D eigenvalue weighted by atomic mass is 32.1. The Labute approximate surface area is 135 Å². The lowest BCUT2D eigenvalue weighted by molar-refractivity contribution is -0.136. The summed E-state index contributed by atoms with van der Waals surface area (Å²) in [7, 11) is 0. The predicted molar refractivity (Wildman–Crippen MR) is 83.2 cm³/mol. The quantitative estimate of drug-likeness (QED) is 0.845. The molecule has 23 heavy (non-hydrogen) atoms. The van der Waals surface area contributed by atoms with E-state index in [9.17, 15) is 18.0 Å². The van der Waals surface area contributed by atoms with Crippen LogP contribution in [0, 0.1) is 4.77 Å². The second-order valence-corrected chi connectivity index (χ2v) is 6.34. The fourth-order valence-corrected chi connectivity index (χ4v) is 3.03. The van der Waals surface area contributed by atoms with E-state index in [1.54, 1.807) is 0 Å². The predicted octanol–water partition coefficient (Wildman–Crippen LogP) is 4.32. The van der Waals surface area contributed by atoms with Crippen LogP contribution in [-0.2, 0) is 6.18 Å². The van der Waals surface area contributed by atoms with Crippen LogP contribution >= 0.6 is 12.2 Å². The molecule has 0 aromatic carbocycles. The van der Waals surface area contributed by atoms with Gasteiger partial charge in [-0.3, -0.25) is 14.3 Å². The number of pyridine rings is 1. The monoisotopic (exact) mass is 343 g/mol. The number of aromatic nitrogens is 3. The van der Waals surface area contributed by atoms with Crippen LogP contribution < -0.4 is 5.56 Å². The molecule has 2 aromatic rings. The minimum atomic E-state index is -4.62. The summed E-state index contributed by atoms with van der Waals surface area (Å²) >= 11 is 5.16. The summed E-state index contributed by atoms with van der Waals surface area (Å²) in [6.45, 7) is 3.74. The van der Waals surface area contributed by atoms with Crippen molar-refractivity contribution in [3.8, 4) is 0 Å². The average molecular weight is 343 g/mol. The average Bonchev–Trinajstić information content (AvgIpc) is 3.29. The Balaban J connectivity index is 2.48. The van der Waals surface area contributed by atoms with Crippen molar-refractivity contribution in [2.24, 2.45) is 0 Å². The number of hydrogen-bond donors (Lipinski definition) is 1. The standard InChI is InChI=1S/C15H16F3N3OS/c1-3-7(2)21-12-11(13(22)20-14(21)23)9(15(16,17)18)6-10(19-12)8-4-5-8/h6-8H,3-5H2,1-2H3,(H,20,22,23). The van der Waals surface area contributed by atoms with E-state index in [1.165, 1.54) is 4.57 Å². The van der Waals surface area contributed by atoms with Gasteiger partial charge in [0, 0.05) is 17.7 Å². The molecule has 0 saturated heterocycles. The minimum absolute atomic E-state index is 0.0322. The van der Waals surface area contributed by atoms with E-state index in [2.05, 4.69) is 9.97 Å². The molecular weight excluding hydrogens is 327 g/mol. The molecule has 1 atom stereocenters. The van der Waals surface area contributed by atoms with E-state index in [1.807, 2.05) is 13.8 Å². The van der Waals surface area contributed by atoms with Gasteiger partial charge in [0.05, 0.1) is 10.9 Å². The van der Waals surface area contributed by atoms with Crippen molar-refractivity contribution in [3.63, 3.8) is 0 Å². The Bertz CT molecular complexity index is 880. The maximum atomic E-state index is 13.5. The van der Waals surface area contributed by atoms with E-state index in [4.69, 9.17) is 12.2 Å². The van der Waals surface area contributed by atoms with Crippen LogP contribution in [0.15, 0.2) is 10.9 Å². The molecule has 8 heteroatoms. The summed E-state index contributed by atoms with van der Waals surface area (Å²) in [5.41, 5.74) is -1.35. The molecule has 124 valence electrons. The van der Waals surface area contributed by atoms with Gasteiger partial charge in [-0.1, -0.05) is 6.92 Å². The molecule has 0 radical (unpaired) electrons. The highest BCUT2D eigenvalue weighted by Crippen LogP contribution is 2.42. The summed E-state index contributed by atoms with van der Waals surface area (Å²) in [6, 6.07) is 0.851. The number of aromatic amines is 1. The lowest BCUT2D eigenvalue weighted by Gasteiger charge is -2.19. The number of rotatable bonds is 3. The highest BCUT2D eigenvalue weighted by Gasteiger charge is 2.37. The van der Waals surface area contributed by atoms with Gasteiger partial charge in [0.1, 0.15) is 5.65 Å². The van der Waals surface area contributed by atoms with Crippen LogP contribution in [0.2, 0.25) is 0 Å². The minimum Gasteiger partial charge on any atom is -0.300 e. The molecule has 1 saturated carbocycles. The van der Waals surface area contributed by atoms with E-state index >= 15 is 0 Å². The van der Waals surface area contributed by atoms with Crippen molar-refractivity contribution in [2.75, 3.05) is 0 Å². The summed E-state index contributed by atoms with van der Waals surface area (Å²) in [5.74, 6) is 0.0405. The highest BCUT2D eigenvalue weighted by molar-refractivity contribution is 7.71. The summed E-state index contributed by atoms with van der Waals surface area (Å²) < 4.78 is 42.0. The number of fused-ring (bicyclic) bond motifs is 1. The Morgan fingerprint density at radius 1 is 1.48 bits per heavy atom. The zero-order valence-electron chi connectivity index (χ0n) is 12.7. The maximum absolute atomic E-state index is 13.5. The van der Waals surface area contributed by atoms with Crippen LogP contribution in [-0.4, -0.2) is 14.5 Å². The third-order valence-corrected chi connectivity index (χ3v) is 4.55. The van der Waals surface area contributed by atoms with Gasteiger partial charge in [0.2, 0.25) is 0 Å². The van der Waals surface area contributed by atoms with Crippen molar-refractivity contribution in [2.45, 2.75) is 51.2 Å². The second kappa shape index (κ2) is 5.43. The zero-order valence-corrected chi connectivity index (χ0v) is 13.5. The Morgan fingerprint density at radius 2 is 2.13 bits per heavy atom. The first kappa shape index (κ1) is 16.2. The number of nitrogens with zero attached hydrogens (tertiary/aromatic N) is 2. The molecule has 0 spiro atoms. The molecule has 1 unspecified atom stereocenters. The van der Waals surface area contributed by atoms with Gasteiger partial charge in [-0.25, -0.2) is 4.98 Å². The van der Waals surface area contributed by atoms with Crippen LogP contribution in [0.4, 0.5) is 13.2 Å². The molecule has 1 fully saturated rings. The Morgan fingerprint density at radius 3 is 2.65 bits per heavy atom. The number of nitrogens with one attached hydrogen (secondary N) is 1. The lowest BCUT2D eigenvalue weighted by Crippen LogP contribution is -2.22. The zero-order chi connectivity index (χ0) is 16.9. The van der Waals surface area contributed by atoms with Crippen LogP contribution in [0.5, 0.6) is 0 Å². The summed E-state index contributed by atoms with van der Waals surface area (Å²) in [6.07, 6.45) is -2.31. The van der Waals surface area contributed by atoms with Crippen molar-refractivity contribution in [1.82, 2.24) is 14.5 Å². The first-order valence-electron chi connectivity index (χ1n) is 7.50. The van der Waals surface area contributed by atoms with E-state index in [-0.39, 0.29) is 22.4 Å². The van der Waals surface area contributed by atoms with Crippen LogP contribution in [0.25, 0.3) is 11.0 Å². The first-order chi connectivity index (χ1) is 10.7. The SMILES string of the molecule is CCC(C)n1c(=S)[nH]c(=O)c2c(C(F)(F)F)cc(C3CC3)nc21. The molecule has 0 aliphatic heterocycles. The van der Waals surface area contributed by atoms with Gasteiger partial charge in [-0.2, -0.15) is 13.2 Å². The number of hydrogen-bond acceptors (Lipinski definition) is 3. The first-order valence-corrected chi connectivity index (χ1v) is 7.91. The van der Waals surface area contributed by atoms with E-state index in [0.29, 0.717) is 12.1 Å². The molecule has 1 aliphatic carbocycles. The van der Waals surface area contributed by atoms with Gasteiger partial charge in [0.15, 0.2) is 4.77 Å². The van der Waals surface area contributed by atoms with E-state index in [0.717, 1.165) is 18.9 Å². The summed E-state index contributed by atoms with van der Waals surface area (Å²) in [4.78, 5) is 18.9. The van der Waals surface area contributed by atoms with Gasteiger partial charge in [-0.05, 0) is 44.5 Å². The fourth-order valence-electron chi connectivity index (χ4n) is 2.67. The Kier molecular flexibility index (Phi) is 3.82.